The van der Waals surface area contributed by atoms with Gasteiger partial charge in [0.15, 0.2) is 6.04 Å². The SMILES string of the molecule is CC(O)C(NC(=O)c1cc(Cl)cn1C(C)C)C(=O)O. The molecule has 0 aliphatic heterocycles. The van der Waals surface area contributed by atoms with Gasteiger partial charge in [0.05, 0.1) is 11.1 Å². The van der Waals surface area contributed by atoms with Crippen LogP contribution in [0.15, 0.2) is 12.3 Å². The number of rotatable bonds is 5. The van der Waals surface area contributed by atoms with Crippen molar-refractivity contribution in [1.82, 2.24) is 9.88 Å². The predicted molar refractivity (Wildman–Crippen MR) is 70.4 cm³/mol. The lowest BCUT2D eigenvalue weighted by atomic mass is 10.2. The summed E-state index contributed by atoms with van der Waals surface area (Å²) in [5, 5.41) is 20.9. The predicted octanol–water partition coefficient (Wildman–Crippen LogP) is 1.29. The number of aliphatic hydroxyl groups excluding tert-OH is 1. The summed E-state index contributed by atoms with van der Waals surface area (Å²) in [6.45, 7) is 5.04. The Morgan fingerprint density at radius 1 is 1.37 bits per heavy atom. The van der Waals surface area contributed by atoms with E-state index in [1.54, 1.807) is 10.8 Å². The molecule has 1 heterocycles. The summed E-state index contributed by atoms with van der Waals surface area (Å²) in [4.78, 5) is 23.0. The summed E-state index contributed by atoms with van der Waals surface area (Å²) < 4.78 is 1.64. The Kier molecular flexibility index (Phi) is 4.97. The van der Waals surface area contributed by atoms with Crippen LogP contribution in [-0.2, 0) is 4.79 Å². The average Bonchev–Trinajstić information content (AvgIpc) is 2.67. The van der Waals surface area contributed by atoms with Gasteiger partial charge >= 0.3 is 5.97 Å². The number of carboxylic acid groups (broad SMARTS) is 1. The van der Waals surface area contributed by atoms with Crippen molar-refractivity contribution in [2.24, 2.45) is 0 Å². The molecule has 6 nitrogen and oxygen atoms in total. The van der Waals surface area contributed by atoms with Crippen LogP contribution >= 0.6 is 11.6 Å². The summed E-state index contributed by atoms with van der Waals surface area (Å²) in [5.74, 6) is -1.88. The Labute approximate surface area is 116 Å². The highest BCUT2D eigenvalue weighted by Crippen LogP contribution is 2.19. The number of amides is 1. The molecular formula is C12H17ClN2O4. The van der Waals surface area contributed by atoms with Crippen molar-refractivity contribution in [3.05, 3.63) is 23.0 Å². The Hall–Kier alpha value is -1.53. The van der Waals surface area contributed by atoms with E-state index in [0.29, 0.717) is 5.02 Å². The van der Waals surface area contributed by atoms with Gasteiger partial charge in [-0.15, -0.1) is 0 Å². The van der Waals surface area contributed by atoms with Crippen LogP contribution in [0.4, 0.5) is 0 Å². The maximum atomic E-state index is 12.0. The molecule has 0 aliphatic rings. The Morgan fingerprint density at radius 2 is 1.95 bits per heavy atom. The summed E-state index contributed by atoms with van der Waals surface area (Å²) >= 11 is 5.85. The van der Waals surface area contributed by atoms with E-state index in [-0.39, 0.29) is 11.7 Å². The first kappa shape index (κ1) is 15.5. The molecule has 0 radical (unpaired) electrons. The average molecular weight is 289 g/mol. The summed E-state index contributed by atoms with van der Waals surface area (Å²) in [6.07, 6.45) is 0.401. The maximum absolute atomic E-state index is 12.0. The van der Waals surface area contributed by atoms with Gasteiger partial charge in [-0.2, -0.15) is 0 Å². The van der Waals surface area contributed by atoms with Crippen LogP contribution in [0.1, 0.15) is 37.3 Å². The van der Waals surface area contributed by atoms with E-state index in [9.17, 15) is 14.7 Å². The highest BCUT2D eigenvalue weighted by molar-refractivity contribution is 6.31. The number of carboxylic acids is 1. The van der Waals surface area contributed by atoms with Gasteiger partial charge in [-0.3, -0.25) is 4.79 Å². The number of hydrogen-bond donors (Lipinski definition) is 3. The fraction of sp³-hybridized carbons (Fsp3) is 0.500. The second-order valence-corrected chi connectivity index (χ2v) is 5.01. The van der Waals surface area contributed by atoms with Gasteiger partial charge in [-0.1, -0.05) is 11.6 Å². The van der Waals surface area contributed by atoms with Crippen LogP contribution in [0.5, 0.6) is 0 Å². The fourth-order valence-corrected chi connectivity index (χ4v) is 1.87. The molecule has 3 N–H and O–H groups in total. The van der Waals surface area contributed by atoms with Crippen LogP contribution in [0.3, 0.4) is 0 Å². The van der Waals surface area contributed by atoms with Gasteiger partial charge in [0, 0.05) is 12.2 Å². The van der Waals surface area contributed by atoms with E-state index in [2.05, 4.69) is 5.32 Å². The minimum Gasteiger partial charge on any atom is -0.480 e. The normalized spacial score (nSPS) is 14.2. The monoisotopic (exact) mass is 288 g/mol. The molecule has 1 aromatic heterocycles. The number of nitrogens with zero attached hydrogens (tertiary/aromatic N) is 1. The third kappa shape index (κ3) is 3.71. The van der Waals surface area contributed by atoms with Crippen molar-refractivity contribution in [1.29, 1.82) is 0 Å². The molecule has 19 heavy (non-hydrogen) atoms. The number of carbonyl (C=O) groups is 2. The minimum absolute atomic E-state index is 0.00285. The first-order chi connectivity index (χ1) is 8.73. The molecule has 0 spiro atoms. The van der Waals surface area contributed by atoms with Crippen molar-refractivity contribution in [3.63, 3.8) is 0 Å². The third-order valence-corrected chi connectivity index (χ3v) is 2.85. The lowest BCUT2D eigenvalue weighted by molar-refractivity contribution is -0.141. The van der Waals surface area contributed by atoms with Gasteiger partial charge < -0.3 is 20.1 Å². The second kappa shape index (κ2) is 6.08. The Morgan fingerprint density at radius 3 is 2.37 bits per heavy atom. The van der Waals surface area contributed by atoms with E-state index < -0.39 is 24.0 Å². The number of aliphatic hydroxyl groups is 1. The Balaban J connectivity index is 2.98. The number of aliphatic carboxylic acids is 1. The number of aromatic nitrogens is 1. The highest BCUT2D eigenvalue weighted by Gasteiger charge is 2.27. The van der Waals surface area contributed by atoms with Crippen molar-refractivity contribution in [2.75, 3.05) is 0 Å². The zero-order chi connectivity index (χ0) is 14.7. The van der Waals surface area contributed by atoms with E-state index in [4.69, 9.17) is 16.7 Å². The molecule has 7 heteroatoms. The first-order valence-corrected chi connectivity index (χ1v) is 6.21. The van der Waals surface area contributed by atoms with Crippen LogP contribution in [0.2, 0.25) is 5.02 Å². The number of carbonyl (C=O) groups excluding carboxylic acids is 1. The molecule has 1 rings (SSSR count). The molecule has 106 valence electrons. The van der Waals surface area contributed by atoms with Gasteiger partial charge in [0.1, 0.15) is 5.69 Å². The Bertz CT molecular complexity index is 482. The zero-order valence-corrected chi connectivity index (χ0v) is 11.7. The van der Waals surface area contributed by atoms with Crippen LogP contribution in [0.25, 0.3) is 0 Å². The van der Waals surface area contributed by atoms with E-state index in [1.165, 1.54) is 13.0 Å². The maximum Gasteiger partial charge on any atom is 0.328 e. The molecule has 0 fully saturated rings. The molecule has 1 amide bonds. The third-order valence-electron chi connectivity index (χ3n) is 2.64. The first-order valence-electron chi connectivity index (χ1n) is 5.83. The topological polar surface area (TPSA) is 91.6 Å². The quantitative estimate of drug-likeness (QED) is 0.761. The zero-order valence-electron chi connectivity index (χ0n) is 10.9. The highest BCUT2D eigenvalue weighted by atomic mass is 35.5. The summed E-state index contributed by atoms with van der Waals surface area (Å²) in [5.41, 5.74) is 0.256. The molecule has 0 aliphatic carbocycles. The van der Waals surface area contributed by atoms with Gasteiger partial charge in [0.2, 0.25) is 0 Å². The van der Waals surface area contributed by atoms with E-state index >= 15 is 0 Å². The van der Waals surface area contributed by atoms with Crippen LogP contribution < -0.4 is 5.32 Å². The summed E-state index contributed by atoms with van der Waals surface area (Å²) in [7, 11) is 0. The molecule has 2 atom stereocenters. The minimum atomic E-state index is -1.36. The van der Waals surface area contributed by atoms with Crippen molar-refractivity contribution in [3.8, 4) is 0 Å². The summed E-state index contributed by atoms with van der Waals surface area (Å²) in [6, 6.07) is 0.0996. The lowest BCUT2D eigenvalue weighted by Crippen LogP contribution is -2.48. The standard InChI is InChI=1S/C12H17ClN2O4/c1-6(2)15-5-8(13)4-9(15)11(17)14-10(7(3)16)12(18)19/h4-7,10,16H,1-3H3,(H,14,17)(H,18,19). The molecule has 1 aromatic rings. The van der Waals surface area contributed by atoms with Gasteiger partial charge in [-0.05, 0) is 26.8 Å². The van der Waals surface area contributed by atoms with Crippen molar-refractivity contribution in [2.45, 2.75) is 39.0 Å². The van der Waals surface area contributed by atoms with Gasteiger partial charge in [0.25, 0.3) is 5.91 Å². The number of hydrogen-bond acceptors (Lipinski definition) is 3. The van der Waals surface area contributed by atoms with Crippen LogP contribution in [-0.4, -0.2) is 38.8 Å². The fourth-order valence-electron chi connectivity index (χ4n) is 1.66. The van der Waals surface area contributed by atoms with E-state index in [0.717, 1.165) is 0 Å². The lowest BCUT2D eigenvalue weighted by Gasteiger charge is -2.18. The molecular weight excluding hydrogens is 272 g/mol. The van der Waals surface area contributed by atoms with Crippen LogP contribution in [0, 0.1) is 0 Å². The van der Waals surface area contributed by atoms with Gasteiger partial charge in [-0.25, -0.2) is 4.79 Å². The number of nitrogens with one attached hydrogen (secondary N) is 1. The molecule has 2 unspecified atom stereocenters. The molecule has 0 aromatic carbocycles. The van der Waals surface area contributed by atoms with E-state index in [1.807, 2.05) is 13.8 Å². The molecule has 0 saturated carbocycles. The number of halogens is 1. The smallest absolute Gasteiger partial charge is 0.328 e. The molecule has 0 bridgehead atoms. The van der Waals surface area contributed by atoms with Crippen molar-refractivity contribution >= 4 is 23.5 Å². The molecule has 0 saturated heterocycles. The largest absolute Gasteiger partial charge is 0.480 e. The van der Waals surface area contributed by atoms with Crippen molar-refractivity contribution < 1.29 is 19.8 Å². The second-order valence-electron chi connectivity index (χ2n) is 4.57.